The number of rotatable bonds is 4. The van der Waals surface area contributed by atoms with Crippen LogP contribution in [0.2, 0.25) is 0 Å². The van der Waals surface area contributed by atoms with Crippen LogP contribution < -0.4 is 16.6 Å². The van der Waals surface area contributed by atoms with E-state index in [0.717, 1.165) is 10.1 Å². The molecule has 1 N–H and O–H groups in total. The van der Waals surface area contributed by atoms with E-state index in [4.69, 9.17) is 0 Å². The Morgan fingerprint density at radius 3 is 2.62 bits per heavy atom. The Hall–Kier alpha value is -4.08. The summed E-state index contributed by atoms with van der Waals surface area (Å²) < 4.78 is 3.89. The molecule has 0 atom stereocenters. The number of aryl methyl sites for hydroxylation is 1. The highest BCUT2D eigenvalue weighted by molar-refractivity contribution is 5.96. The van der Waals surface area contributed by atoms with Crippen LogP contribution in [0.5, 0.6) is 0 Å². The van der Waals surface area contributed by atoms with E-state index in [-0.39, 0.29) is 29.0 Å². The lowest BCUT2D eigenvalue weighted by atomic mass is 10.2. The number of fused-ring (bicyclic) bond motifs is 1. The maximum absolute atomic E-state index is 12.5. The second-order valence-corrected chi connectivity index (χ2v) is 6.46. The molecule has 10 heteroatoms. The van der Waals surface area contributed by atoms with Gasteiger partial charge in [0.05, 0.1) is 10.9 Å². The third-order valence-corrected chi connectivity index (χ3v) is 4.56. The molecule has 29 heavy (non-hydrogen) atoms. The monoisotopic (exact) mass is 391 g/mol. The summed E-state index contributed by atoms with van der Waals surface area (Å²) >= 11 is 0. The molecule has 4 aromatic rings. The van der Waals surface area contributed by atoms with Gasteiger partial charge in [0.1, 0.15) is 5.65 Å². The Kier molecular flexibility index (Phi) is 4.51. The molecule has 0 saturated carbocycles. The lowest BCUT2D eigenvalue weighted by molar-refractivity contribution is 0.0950. The van der Waals surface area contributed by atoms with Gasteiger partial charge in [0, 0.05) is 45.4 Å². The minimum Gasteiger partial charge on any atom is -0.348 e. The maximum atomic E-state index is 12.5. The van der Waals surface area contributed by atoms with Crippen LogP contribution in [0.25, 0.3) is 16.9 Å². The van der Waals surface area contributed by atoms with Gasteiger partial charge in [0.15, 0.2) is 5.82 Å². The summed E-state index contributed by atoms with van der Waals surface area (Å²) in [4.78, 5) is 45.3. The van der Waals surface area contributed by atoms with Crippen LogP contribution in [0.1, 0.15) is 15.9 Å². The van der Waals surface area contributed by atoms with Crippen molar-refractivity contribution in [3.8, 4) is 5.82 Å². The quantitative estimate of drug-likeness (QED) is 0.529. The van der Waals surface area contributed by atoms with Crippen molar-refractivity contribution in [2.24, 2.45) is 14.1 Å². The summed E-state index contributed by atoms with van der Waals surface area (Å²) in [7, 11) is 2.91. The minimum absolute atomic E-state index is 0.201. The molecule has 0 bridgehead atoms. The van der Waals surface area contributed by atoms with E-state index < -0.39 is 11.2 Å². The first kappa shape index (κ1) is 18.3. The van der Waals surface area contributed by atoms with Crippen molar-refractivity contribution in [2.75, 3.05) is 0 Å². The SMILES string of the molecule is Cn1c(=O)c2cc(C(=O)NCc3ccc(-n4cccn4)nc3)cnc2n(C)c1=O. The van der Waals surface area contributed by atoms with E-state index >= 15 is 0 Å². The standard InChI is InChI=1S/C19H17N7O3/c1-24-16-14(18(28)25(2)19(24)29)8-13(11-21-16)17(27)22-10-12-4-5-15(20-9-12)26-7-3-6-23-26/h3-9,11H,10H2,1-2H3,(H,22,27). The van der Waals surface area contributed by atoms with Crippen molar-refractivity contribution >= 4 is 16.9 Å². The van der Waals surface area contributed by atoms with Crippen LogP contribution in [0, 0.1) is 0 Å². The molecular weight excluding hydrogens is 374 g/mol. The Balaban J connectivity index is 1.53. The topological polar surface area (TPSA) is 117 Å². The molecule has 10 nitrogen and oxygen atoms in total. The van der Waals surface area contributed by atoms with Gasteiger partial charge in [-0.25, -0.2) is 19.4 Å². The fourth-order valence-electron chi connectivity index (χ4n) is 2.94. The molecule has 146 valence electrons. The Morgan fingerprint density at radius 1 is 1.10 bits per heavy atom. The Bertz CT molecular complexity index is 1320. The lowest BCUT2D eigenvalue weighted by Crippen LogP contribution is -2.37. The highest BCUT2D eigenvalue weighted by atomic mass is 16.2. The van der Waals surface area contributed by atoms with E-state index in [1.54, 1.807) is 35.4 Å². The van der Waals surface area contributed by atoms with Gasteiger partial charge >= 0.3 is 5.69 Å². The van der Waals surface area contributed by atoms with Gasteiger partial charge in [-0.3, -0.25) is 18.7 Å². The van der Waals surface area contributed by atoms with Crippen molar-refractivity contribution in [3.05, 3.63) is 81.0 Å². The molecule has 0 aliphatic heterocycles. The normalized spacial score (nSPS) is 11.0. The van der Waals surface area contributed by atoms with Crippen LogP contribution in [0.3, 0.4) is 0 Å². The summed E-state index contributed by atoms with van der Waals surface area (Å²) in [5, 5.41) is 7.09. The predicted molar refractivity (Wildman–Crippen MR) is 105 cm³/mol. The first-order valence-electron chi connectivity index (χ1n) is 8.74. The van der Waals surface area contributed by atoms with Gasteiger partial charge < -0.3 is 5.32 Å². The van der Waals surface area contributed by atoms with Crippen molar-refractivity contribution in [1.82, 2.24) is 34.2 Å². The fraction of sp³-hybridized carbons (Fsp3) is 0.158. The Labute approximate surface area is 164 Å². The smallest absolute Gasteiger partial charge is 0.332 e. The van der Waals surface area contributed by atoms with E-state index in [0.29, 0.717) is 5.82 Å². The zero-order chi connectivity index (χ0) is 20.5. The molecule has 4 rings (SSSR count). The second kappa shape index (κ2) is 7.15. The molecule has 0 unspecified atom stereocenters. The van der Waals surface area contributed by atoms with Gasteiger partial charge in [0.2, 0.25) is 0 Å². The number of pyridine rings is 2. The first-order valence-corrected chi connectivity index (χ1v) is 8.74. The summed E-state index contributed by atoms with van der Waals surface area (Å²) in [6.07, 6.45) is 6.45. The highest BCUT2D eigenvalue weighted by Gasteiger charge is 2.13. The molecule has 0 aliphatic carbocycles. The zero-order valence-corrected chi connectivity index (χ0v) is 15.7. The van der Waals surface area contributed by atoms with E-state index in [1.165, 1.54) is 30.9 Å². The number of carbonyl (C=O) groups is 1. The first-order chi connectivity index (χ1) is 14.0. The van der Waals surface area contributed by atoms with Gasteiger partial charge in [-0.15, -0.1) is 0 Å². The Morgan fingerprint density at radius 2 is 1.93 bits per heavy atom. The molecule has 0 saturated heterocycles. The van der Waals surface area contributed by atoms with Crippen LogP contribution in [-0.2, 0) is 20.6 Å². The number of aromatic nitrogens is 6. The van der Waals surface area contributed by atoms with Gasteiger partial charge in [0.25, 0.3) is 11.5 Å². The number of amides is 1. The molecule has 1 amide bonds. The number of hydrogen-bond acceptors (Lipinski definition) is 6. The largest absolute Gasteiger partial charge is 0.348 e. The van der Waals surface area contributed by atoms with Gasteiger partial charge in [-0.2, -0.15) is 5.10 Å². The summed E-state index contributed by atoms with van der Waals surface area (Å²) in [6.45, 7) is 0.258. The van der Waals surface area contributed by atoms with E-state index in [2.05, 4.69) is 20.4 Å². The molecule has 0 spiro atoms. The van der Waals surface area contributed by atoms with Crippen LogP contribution in [0.4, 0.5) is 0 Å². The number of hydrogen-bond donors (Lipinski definition) is 1. The summed E-state index contributed by atoms with van der Waals surface area (Å²) in [5.41, 5.74) is 0.297. The third-order valence-electron chi connectivity index (χ3n) is 4.56. The van der Waals surface area contributed by atoms with E-state index in [1.807, 2.05) is 6.07 Å². The van der Waals surface area contributed by atoms with Crippen molar-refractivity contribution in [2.45, 2.75) is 6.54 Å². The minimum atomic E-state index is -0.497. The highest BCUT2D eigenvalue weighted by Crippen LogP contribution is 2.08. The van der Waals surface area contributed by atoms with Crippen LogP contribution >= 0.6 is 0 Å². The average Bonchev–Trinajstić information content (AvgIpc) is 3.29. The number of nitrogens with zero attached hydrogens (tertiary/aromatic N) is 6. The second-order valence-electron chi connectivity index (χ2n) is 6.46. The van der Waals surface area contributed by atoms with Crippen molar-refractivity contribution < 1.29 is 4.79 Å². The fourth-order valence-corrected chi connectivity index (χ4v) is 2.94. The zero-order valence-electron chi connectivity index (χ0n) is 15.7. The lowest BCUT2D eigenvalue weighted by Gasteiger charge is -2.09. The summed E-state index contributed by atoms with van der Waals surface area (Å²) in [6, 6.07) is 6.89. The average molecular weight is 391 g/mol. The predicted octanol–water partition coefficient (Wildman–Crippen LogP) is 0.143. The third kappa shape index (κ3) is 3.31. The summed E-state index contributed by atoms with van der Waals surface area (Å²) in [5.74, 6) is 0.289. The van der Waals surface area contributed by atoms with E-state index in [9.17, 15) is 14.4 Å². The number of carbonyl (C=O) groups excluding carboxylic acids is 1. The van der Waals surface area contributed by atoms with Crippen LogP contribution in [0.15, 0.2) is 58.6 Å². The number of nitrogens with one attached hydrogen (secondary N) is 1. The van der Waals surface area contributed by atoms with Gasteiger partial charge in [-0.1, -0.05) is 6.07 Å². The molecular formula is C19H17N7O3. The molecule has 4 heterocycles. The molecule has 0 fully saturated rings. The van der Waals surface area contributed by atoms with Crippen molar-refractivity contribution in [3.63, 3.8) is 0 Å². The molecule has 0 radical (unpaired) electrons. The van der Waals surface area contributed by atoms with Gasteiger partial charge in [-0.05, 0) is 23.8 Å². The van der Waals surface area contributed by atoms with Crippen LogP contribution in [-0.4, -0.2) is 34.8 Å². The van der Waals surface area contributed by atoms with Crippen molar-refractivity contribution in [1.29, 1.82) is 0 Å². The molecule has 0 aromatic carbocycles. The maximum Gasteiger partial charge on any atom is 0.332 e. The molecule has 4 aromatic heterocycles. The molecule has 0 aliphatic rings.